The van der Waals surface area contributed by atoms with Crippen LogP contribution in [0, 0.1) is 24.2 Å². The summed E-state index contributed by atoms with van der Waals surface area (Å²) >= 11 is 0. The molecule has 4 heterocycles. The summed E-state index contributed by atoms with van der Waals surface area (Å²) in [6.07, 6.45) is 5.21. The lowest BCUT2D eigenvalue weighted by atomic mass is 9.78. The van der Waals surface area contributed by atoms with Gasteiger partial charge in [0, 0.05) is 38.7 Å². The number of hydrogen-bond acceptors (Lipinski definition) is 4. The van der Waals surface area contributed by atoms with Crippen molar-refractivity contribution < 1.29 is 14.3 Å². The highest BCUT2D eigenvalue weighted by molar-refractivity contribution is 5.77. The second kappa shape index (κ2) is 8.60. The highest BCUT2D eigenvalue weighted by Crippen LogP contribution is 2.40. The summed E-state index contributed by atoms with van der Waals surface area (Å²) in [5.41, 5.74) is 3.08. The molecule has 1 spiro atoms. The normalized spacial score (nSPS) is 31.2. The van der Waals surface area contributed by atoms with E-state index in [1.54, 1.807) is 0 Å². The molecule has 4 aliphatic heterocycles. The molecule has 4 saturated heterocycles. The van der Waals surface area contributed by atoms with E-state index in [0.717, 1.165) is 71.8 Å². The van der Waals surface area contributed by atoms with Gasteiger partial charge in [0.1, 0.15) is 0 Å². The first-order valence-electron chi connectivity index (χ1n) is 11.9. The Morgan fingerprint density at radius 3 is 2.83 bits per heavy atom. The molecule has 0 radical (unpaired) electrons. The van der Waals surface area contributed by atoms with Gasteiger partial charge in [-0.15, -0.1) is 0 Å². The first-order valence-corrected chi connectivity index (χ1v) is 11.9. The van der Waals surface area contributed by atoms with Crippen LogP contribution in [0.25, 0.3) is 0 Å². The standard InChI is InChI=1S/C25H36N2O3/c1-19-3-2-4-20(13-19)15-26-9-5-22-21(16-26)17-30-23(22)14-24(28)27-10-6-25(7-11-27)8-12-29-18-25/h2-4,13,21-23H,5-12,14-18H2,1H3/t21-,22-,23+/m1/s1. The number of fused-ring (bicyclic) bond motifs is 1. The van der Waals surface area contributed by atoms with Crippen LogP contribution in [0.4, 0.5) is 0 Å². The summed E-state index contributed by atoms with van der Waals surface area (Å²) in [6.45, 7) is 9.77. The van der Waals surface area contributed by atoms with Crippen LogP contribution in [-0.2, 0) is 20.8 Å². The Hall–Kier alpha value is -1.43. The van der Waals surface area contributed by atoms with Crippen molar-refractivity contribution in [3.05, 3.63) is 35.4 Å². The molecule has 0 aliphatic carbocycles. The molecule has 0 bridgehead atoms. The molecule has 4 fully saturated rings. The van der Waals surface area contributed by atoms with Crippen LogP contribution < -0.4 is 0 Å². The van der Waals surface area contributed by atoms with Crippen LogP contribution >= 0.6 is 0 Å². The number of amides is 1. The second-order valence-electron chi connectivity index (χ2n) is 10.2. The zero-order valence-corrected chi connectivity index (χ0v) is 18.4. The quantitative estimate of drug-likeness (QED) is 0.761. The van der Waals surface area contributed by atoms with Crippen molar-refractivity contribution in [2.24, 2.45) is 17.3 Å². The molecule has 1 amide bonds. The van der Waals surface area contributed by atoms with Crippen molar-refractivity contribution >= 4 is 5.91 Å². The Bertz CT molecular complexity index is 751. The third-order valence-electron chi connectivity index (χ3n) is 8.11. The topological polar surface area (TPSA) is 42.0 Å². The largest absolute Gasteiger partial charge is 0.381 e. The fourth-order valence-electron chi connectivity index (χ4n) is 6.16. The first kappa shape index (κ1) is 20.5. The maximum absolute atomic E-state index is 13.0. The van der Waals surface area contributed by atoms with Crippen molar-refractivity contribution in [3.8, 4) is 0 Å². The van der Waals surface area contributed by atoms with Crippen molar-refractivity contribution in [1.29, 1.82) is 0 Å². The number of ether oxygens (including phenoxy) is 2. The van der Waals surface area contributed by atoms with Gasteiger partial charge in [0.15, 0.2) is 0 Å². The number of aryl methyl sites for hydroxylation is 1. The molecule has 3 atom stereocenters. The minimum absolute atomic E-state index is 0.120. The minimum atomic E-state index is 0.120. The molecule has 0 unspecified atom stereocenters. The Balaban J connectivity index is 1.11. The lowest BCUT2D eigenvalue weighted by Crippen LogP contribution is -2.45. The second-order valence-corrected chi connectivity index (χ2v) is 10.2. The molecule has 5 rings (SSSR count). The third kappa shape index (κ3) is 4.30. The van der Waals surface area contributed by atoms with E-state index in [9.17, 15) is 4.79 Å². The van der Waals surface area contributed by atoms with Gasteiger partial charge in [-0.25, -0.2) is 0 Å². The molecule has 0 aromatic heterocycles. The number of likely N-dealkylation sites (tertiary alicyclic amines) is 2. The van der Waals surface area contributed by atoms with Gasteiger partial charge in [0.05, 0.1) is 25.7 Å². The number of hydrogen-bond donors (Lipinski definition) is 0. The number of nitrogens with zero attached hydrogens (tertiary/aromatic N) is 2. The SMILES string of the molecule is Cc1cccc(CN2CC[C@@H]3[C@@H](CO[C@H]3CC(=O)N3CCC4(CCOC4)CC3)C2)c1. The Morgan fingerprint density at radius 2 is 2.07 bits per heavy atom. The van der Waals surface area contributed by atoms with Gasteiger partial charge in [-0.1, -0.05) is 29.8 Å². The summed E-state index contributed by atoms with van der Waals surface area (Å²) in [6, 6.07) is 8.83. The van der Waals surface area contributed by atoms with E-state index in [4.69, 9.17) is 9.47 Å². The maximum atomic E-state index is 13.0. The van der Waals surface area contributed by atoms with Gasteiger partial charge < -0.3 is 14.4 Å². The van der Waals surface area contributed by atoms with Crippen molar-refractivity contribution in [3.63, 3.8) is 0 Å². The van der Waals surface area contributed by atoms with Crippen LogP contribution in [0.5, 0.6) is 0 Å². The number of rotatable bonds is 4. The first-order chi connectivity index (χ1) is 14.6. The van der Waals surface area contributed by atoms with Crippen LogP contribution in [0.2, 0.25) is 0 Å². The molecule has 30 heavy (non-hydrogen) atoms. The Kier molecular flexibility index (Phi) is 5.87. The highest BCUT2D eigenvalue weighted by atomic mass is 16.5. The fraction of sp³-hybridized carbons (Fsp3) is 0.720. The number of piperidine rings is 2. The van der Waals surface area contributed by atoms with E-state index in [0.29, 0.717) is 29.6 Å². The smallest absolute Gasteiger partial charge is 0.225 e. The average Bonchev–Trinajstić information content (AvgIpc) is 3.36. The summed E-state index contributed by atoms with van der Waals surface area (Å²) < 4.78 is 11.8. The van der Waals surface area contributed by atoms with Gasteiger partial charge in [0.2, 0.25) is 5.91 Å². The fourth-order valence-corrected chi connectivity index (χ4v) is 6.16. The summed E-state index contributed by atoms with van der Waals surface area (Å²) in [5, 5.41) is 0. The van der Waals surface area contributed by atoms with Gasteiger partial charge in [0.25, 0.3) is 0 Å². The summed E-state index contributed by atoms with van der Waals surface area (Å²) in [5.74, 6) is 1.42. The molecule has 164 valence electrons. The van der Waals surface area contributed by atoms with Crippen LogP contribution in [0.15, 0.2) is 24.3 Å². The van der Waals surface area contributed by atoms with Crippen LogP contribution in [0.3, 0.4) is 0 Å². The van der Waals surface area contributed by atoms with Crippen LogP contribution in [-0.4, -0.2) is 67.8 Å². The Labute approximate surface area is 180 Å². The monoisotopic (exact) mass is 412 g/mol. The zero-order valence-electron chi connectivity index (χ0n) is 18.4. The summed E-state index contributed by atoms with van der Waals surface area (Å²) in [7, 11) is 0. The molecule has 0 saturated carbocycles. The van der Waals surface area contributed by atoms with E-state index in [1.165, 1.54) is 17.5 Å². The van der Waals surface area contributed by atoms with Crippen LogP contribution in [0.1, 0.15) is 43.2 Å². The third-order valence-corrected chi connectivity index (χ3v) is 8.11. The predicted octanol–water partition coefficient (Wildman–Crippen LogP) is 3.25. The predicted molar refractivity (Wildman–Crippen MR) is 116 cm³/mol. The van der Waals surface area contributed by atoms with E-state index >= 15 is 0 Å². The zero-order chi connectivity index (χ0) is 20.6. The highest BCUT2D eigenvalue weighted by Gasteiger charge is 2.43. The Morgan fingerprint density at radius 1 is 1.20 bits per heavy atom. The minimum Gasteiger partial charge on any atom is -0.381 e. The van der Waals surface area contributed by atoms with Crippen molar-refractivity contribution in [1.82, 2.24) is 9.80 Å². The van der Waals surface area contributed by atoms with E-state index in [1.807, 2.05) is 0 Å². The van der Waals surface area contributed by atoms with Gasteiger partial charge in [-0.3, -0.25) is 9.69 Å². The van der Waals surface area contributed by atoms with Crippen molar-refractivity contribution in [2.75, 3.05) is 46.0 Å². The molecule has 4 aliphatic rings. The molecular weight excluding hydrogens is 376 g/mol. The molecular formula is C25H36N2O3. The number of benzene rings is 1. The van der Waals surface area contributed by atoms with E-state index in [2.05, 4.69) is 41.0 Å². The lowest BCUT2D eigenvalue weighted by Gasteiger charge is -2.39. The molecule has 5 heteroatoms. The van der Waals surface area contributed by atoms with E-state index in [-0.39, 0.29) is 6.10 Å². The average molecular weight is 413 g/mol. The molecule has 1 aromatic carbocycles. The van der Waals surface area contributed by atoms with Gasteiger partial charge in [-0.2, -0.15) is 0 Å². The van der Waals surface area contributed by atoms with E-state index < -0.39 is 0 Å². The van der Waals surface area contributed by atoms with Crippen molar-refractivity contribution in [2.45, 2.75) is 51.7 Å². The summed E-state index contributed by atoms with van der Waals surface area (Å²) in [4.78, 5) is 17.6. The number of carbonyl (C=O) groups excluding carboxylic acids is 1. The van der Waals surface area contributed by atoms with Gasteiger partial charge >= 0.3 is 0 Å². The lowest BCUT2D eigenvalue weighted by molar-refractivity contribution is -0.136. The molecule has 5 nitrogen and oxygen atoms in total. The van der Waals surface area contributed by atoms with Gasteiger partial charge in [-0.05, 0) is 56.0 Å². The number of carbonyl (C=O) groups is 1. The molecule has 1 aromatic rings. The molecule has 0 N–H and O–H groups in total. The maximum Gasteiger partial charge on any atom is 0.225 e.